The van der Waals surface area contributed by atoms with Gasteiger partial charge in [-0.1, -0.05) is 86.3 Å². The highest BCUT2D eigenvalue weighted by Gasteiger charge is 2.67. The van der Waals surface area contributed by atoms with Gasteiger partial charge in [0.15, 0.2) is 40.3 Å². The molecule has 0 aromatic carbocycles. The zero-order valence-electron chi connectivity index (χ0n) is 79.3. The van der Waals surface area contributed by atoms with Crippen LogP contribution in [0.3, 0.4) is 0 Å². The lowest BCUT2D eigenvalue weighted by Crippen LogP contribution is -2.52. The van der Waals surface area contributed by atoms with E-state index < -0.39 is 34.3 Å². The maximum Gasteiger partial charge on any atom is 0.435 e. The van der Waals surface area contributed by atoms with Gasteiger partial charge in [-0.25, -0.2) is 4.68 Å². The topological polar surface area (TPSA) is 283 Å². The zero-order chi connectivity index (χ0) is 90.2. The maximum atomic E-state index is 13.5. The average molecular weight is 1760 g/mol. The fourth-order valence-electron chi connectivity index (χ4n) is 36.0. The third-order valence-corrected chi connectivity index (χ3v) is 41.1. The van der Waals surface area contributed by atoms with Gasteiger partial charge < -0.3 is 20.4 Å². The summed E-state index contributed by atoms with van der Waals surface area (Å²) in [6.45, 7) is 29.6. The van der Waals surface area contributed by atoms with Crippen LogP contribution in [0.15, 0.2) is 36.9 Å². The average Bonchev–Trinajstić information content (AvgIpc) is 1.62. The number of aryl methyl sites for hydroxylation is 1. The van der Waals surface area contributed by atoms with E-state index in [9.17, 15) is 52.8 Å². The number of aromatic nitrogens is 11. The molecule has 16 saturated carbocycles. The minimum atomic E-state index is -4.49. The summed E-state index contributed by atoms with van der Waals surface area (Å²) in [4.78, 5) is 55.3. The molecule has 16 fully saturated rings. The normalized spacial score (nSPS) is 46.0. The van der Waals surface area contributed by atoms with Crippen molar-refractivity contribution in [3.8, 4) is 6.07 Å². The van der Waals surface area contributed by atoms with Crippen molar-refractivity contribution in [1.82, 2.24) is 54.8 Å². The van der Waals surface area contributed by atoms with Gasteiger partial charge in [-0.05, 0) is 421 Å². The van der Waals surface area contributed by atoms with Crippen LogP contribution in [-0.2, 0) is 51.5 Å². The van der Waals surface area contributed by atoms with Gasteiger partial charge in [0, 0.05) is 42.3 Å². The van der Waals surface area contributed by atoms with Crippen LogP contribution in [0.25, 0.3) is 0 Å². The first-order valence-electron chi connectivity index (χ1n) is 51.4. The number of ketones is 4. The van der Waals surface area contributed by atoms with Crippen molar-refractivity contribution < 1.29 is 52.8 Å². The van der Waals surface area contributed by atoms with E-state index in [2.05, 4.69) is 97.4 Å². The summed E-state index contributed by atoms with van der Waals surface area (Å²) in [6.07, 6.45) is 42.5. The Kier molecular flexibility index (Phi) is 26.2. The van der Waals surface area contributed by atoms with Crippen LogP contribution in [0.5, 0.6) is 0 Å². The predicted octanol–water partition coefficient (Wildman–Crippen LogP) is 19.8. The Morgan fingerprint density at radius 2 is 0.717 bits per heavy atom. The Bertz CT molecular complexity index is 4580. The number of hydrogen-bond donors (Lipinski definition) is 4. The monoisotopic (exact) mass is 1760 g/mol. The first kappa shape index (κ1) is 93.2. The molecule has 0 saturated heterocycles. The number of carbonyl (C=O) groups excluding carboxylic acids is 4. The Hall–Kier alpha value is -5.57. The van der Waals surface area contributed by atoms with Crippen molar-refractivity contribution in [3.63, 3.8) is 0 Å². The van der Waals surface area contributed by atoms with Gasteiger partial charge in [0.25, 0.3) is 0 Å². The Morgan fingerprint density at radius 3 is 1.00 bits per heavy atom. The molecule has 4 heterocycles. The van der Waals surface area contributed by atoms with Crippen LogP contribution in [0.2, 0.25) is 0 Å². The third kappa shape index (κ3) is 17.8. The van der Waals surface area contributed by atoms with E-state index in [1.165, 1.54) is 131 Å². The molecule has 4 N–H and O–H groups in total. The molecule has 127 heavy (non-hydrogen) atoms. The van der Waals surface area contributed by atoms with E-state index >= 15 is 0 Å². The number of aliphatic hydroxyl groups is 4. The number of hydrogen-bond acceptors (Lipinski definition) is 16. The number of nitriles is 1. The van der Waals surface area contributed by atoms with Crippen LogP contribution in [0.1, 0.15) is 331 Å². The Balaban J connectivity index is 0.000000119. The second-order valence-corrected chi connectivity index (χ2v) is 48.1. The fourth-order valence-corrected chi connectivity index (χ4v) is 36.0. The lowest BCUT2D eigenvalue weighted by molar-refractivity contribution is -0.142. The molecule has 0 spiro atoms. The van der Waals surface area contributed by atoms with Gasteiger partial charge in [-0.3, -0.25) is 28.5 Å². The molecule has 0 aliphatic heterocycles. The lowest BCUT2D eigenvalue weighted by atomic mass is 9.48. The molecule has 4 aromatic rings. The van der Waals surface area contributed by atoms with Gasteiger partial charge in [0.2, 0.25) is 0 Å². The number of tetrazole rings is 1. The number of carbonyl (C=O) groups is 4. The largest absolute Gasteiger partial charge is 0.435 e. The summed E-state index contributed by atoms with van der Waals surface area (Å²) in [7, 11) is 0. The fraction of sp³-hybridized carbons (Fsp3) is 0.865. The molecule has 23 heteroatoms. The lowest BCUT2D eigenvalue weighted by Gasteiger charge is -2.57. The Labute approximate surface area is 755 Å². The molecule has 16 aliphatic rings. The maximum absolute atomic E-state index is 13.5. The number of alkyl halides is 3. The quantitative estimate of drug-likeness (QED) is 0.0811. The minimum Gasteiger partial charge on any atom is -0.390 e. The molecule has 0 unspecified atom stereocenters. The summed E-state index contributed by atoms with van der Waals surface area (Å²) in [5.41, 5.74) is -2.18. The number of halogens is 3. The van der Waals surface area contributed by atoms with E-state index in [1.807, 2.05) is 34.6 Å². The summed E-state index contributed by atoms with van der Waals surface area (Å²) >= 11 is 0. The third-order valence-electron chi connectivity index (χ3n) is 41.1. The van der Waals surface area contributed by atoms with Crippen LogP contribution >= 0.6 is 0 Å². The van der Waals surface area contributed by atoms with E-state index in [1.54, 1.807) is 34.0 Å². The zero-order valence-corrected chi connectivity index (χ0v) is 79.3. The van der Waals surface area contributed by atoms with E-state index in [0.717, 1.165) is 175 Å². The van der Waals surface area contributed by atoms with Crippen molar-refractivity contribution in [2.45, 2.75) is 376 Å². The van der Waals surface area contributed by atoms with E-state index in [0.29, 0.717) is 131 Å². The highest BCUT2D eigenvalue weighted by atomic mass is 19.4. The van der Waals surface area contributed by atoms with Crippen molar-refractivity contribution in [2.24, 2.45) is 187 Å². The molecule has 4 aromatic heterocycles. The van der Waals surface area contributed by atoms with Crippen molar-refractivity contribution in [1.29, 1.82) is 5.26 Å². The highest BCUT2D eigenvalue weighted by Crippen LogP contribution is 2.73. The standard InChI is InChI=1S/C27H39F3N2O2.C27H39N3O2.C25H40N4O2.C25H39N3O2/c1-4-16-13-21(22(33)15-32-12-9-23(31-32)27(28,29)30)26(3)11-8-19-18-7-10-25(2,34)14-17(18)5-6-20(19)24(16)26;1-4-17-13-23(24(31)16-30-12-9-19(15-28)29-30)27(3)11-8-21-20-7-10-26(2,32)14-18(20)5-6-22(21)25(17)27;1-5-16-12-21(22(30)14-29-27-15(2)26-28-29)25(4)11-9-19-18-8-10-24(3,31)13-17(18)6-7-20(19)23(16)25;1-4-16-13-21(22(29)15-28-12-11-26-27-28)25(3)10-8-19-18-7-9-24(2,30)14-17(18)5-6-20(19)23(16)25/h9,12,16-21,24,34H,4-8,10-11,13-15H2,1-3H3;9,12,17-18,20-23,25,32H,4-8,10-11,13-14,16H2,1-3H3;16-21,23,31H,5-14H2,1-4H3;11-12,16-21,23,30H,4-10,13-15H2,1-3H3/t16-,17-,18+,19-,20-,21-,24+,25-,26-;17-,18-,20+,21-,22-,23-,25+,26-,27-;2*16-,17-,18+,19-,20-,21-,23+,24-,25-/m1111/s1. The molecule has 0 bridgehead atoms. The van der Waals surface area contributed by atoms with Gasteiger partial charge in [0.05, 0.1) is 41.7 Å². The first-order chi connectivity index (χ1) is 60.2. The number of fused-ring (bicyclic) bond motifs is 20. The molecule has 16 aliphatic carbocycles. The second-order valence-electron chi connectivity index (χ2n) is 48.1. The van der Waals surface area contributed by atoms with E-state index in [4.69, 9.17) is 5.26 Å². The number of rotatable bonds is 16. The number of Topliss-reactive ketones (excluding diaryl/α,β-unsaturated/α-hetero) is 4. The van der Waals surface area contributed by atoms with Crippen molar-refractivity contribution >= 4 is 23.1 Å². The van der Waals surface area contributed by atoms with E-state index in [-0.39, 0.29) is 64.2 Å². The molecule has 702 valence electrons. The molecule has 20 nitrogen and oxygen atoms in total. The molecule has 36 atom stereocenters. The van der Waals surface area contributed by atoms with Crippen LogP contribution in [-0.4, -0.2) is 121 Å². The molecule has 0 amide bonds. The van der Waals surface area contributed by atoms with Gasteiger partial charge >= 0.3 is 6.18 Å². The molecular weight excluding hydrogens is 1600 g/mol. The molecule has 20 rings (SSSR count). The smallest absolute Gasteiger partial charge is 0.390 e. The van der Waals surface area contributed by atoms with Gasteiger partial charge in [-0.15, -0.1) is 15.3 Å². The summed E-state index contributed by atoms with van der Waals surface area (Å²) in [5.74, 6) is 18.7. The minimum absolute atomic E-state index is 0.0427. The van der Waals surface area contributed by atoms with Crippen LogP contribution < -0.4 is 0 Å². The van der Waals surface area contributed by atoms with Crippen molar-refractivity contribution in [3.05, 3.63) is 54.1 Å². The highest BCUT2D eigenvalue weighted by molar-refractivity contribution is 5.84. The summed E-state index contributed by atoms with van der Waals surface area (Å²) in [5, 5.41) is 79.7. The molecule has 0 radical (unpaired) electrons. The second kappa shape index (κ2) is 35.7. The predicted molar refractivity (Wildman–Crippen MR) is 478 cm³/mol. The summed E-state index contributed by atoms with van der Waals surface area (Å²) < 4.78 is 43.4. The first-order valence-corrected chi connectivity index (χ1v) is 51.4. The molecular formula is C104H157F3N12O8. The number of nitrogens with zero attached hydrogens (tertiary/aromatic N) is 12. The van der Waals surface area contributed by atoms with Gasteiger partial charge in [-0.2, -0.15) is 33.4 Å². The SMILES string of the molecule is CC[C@@H]1C[C@H](C(=O)Cn2ccc(C#N)n2)[C@@]2(C)CC[C@H]3[C@@H](CC[C@@H]4C[C@](C)(O)CC[C@@H]43)[C@H]12.CC[C@@H]1C[C@H](C(=O)Cn2ccc(C(F)(F)F)n2)[C@@]2(C)CC[C@H]3[C@@H](CC[C@@H]4C[C@](C)(O)CC[C@@H]43)[C@H]12.CC[C@@H]1C[C@H](C(=O)Cn2ccnn2)[C@@]2(C)CC[C@H]3[C@@H](CC[C@@H]4C[C@](C)(O)CC[C@@H]43)[C@H]12.CC[C@@H]1C[C@H](C(=O)Cn2nnc(C)n2)[C@@]2(C)CC[C@H]3[C@@H](CC[C@@H]4C[C@](C)(O)CC[C@@H]43)[C@H]12. The van der Waals surface area contributed by atoms with Crippen LogP contribution in [0.4, 0.5) is 13.2 Å². The Morgan fingerprint density at radius 1 is 0.402 bits per heavy atom. The van der Waals surface area contributed by atoms with Crippen LogP contribution in [0, 0.1) is 206 Å². The summed E-state index contributed by atoms with van der Waals surface area (Å²) in [6, 6.07) is 4.70. The van der Waals surface area contributed by atoms with Gasteiger partial charge in [0.1, 0.15) is 19.2 Å². The van der Waals surface area contributed by atoms with Crippen molar-refractivity contribution in [2.75, 3.05) is 0 Å².